The number of aromatic hydroxyl groups is 1. The minimum absolute atomic E-state index is 0.110. The standard InChI is InChI=1S/C15H15ClN4O/c1-9-12-6-11(8-18-15(12)20(2)19-9)17-7-10-4-3-5-13(16)14(10)21/h3-6,8,17,21H,7H2,1-2H3. The Morgan fingerprint density at radius 3 is 3.00 bits per heavy atom. The van der Waals surface area contributed by atoms with Crippen LogP contribution in [0, 0.1) is 6.92 Å². The van der Waals surface area contributed by atoms with E-state index < -0.39 is 0 Å². The van der Waals surface area contributed by atoms with Crippen LogP contribution in [0.15, 0.2) is 30.5 Å². The Bertz CT molecular complexity index is 813. The molecule has 0 saturated heterocycles. The van der Waals surface area contributed by atoms with E-state index in [2.05, 4.69) is 15.4 Å². The predicted octanol–water partition coefficient (Wildman–Crippen LogP) is 3.25. The molecule has 0 fully saturated rings. The van der Waals surface area contributed by atoms with Gasteiger partial charge in [0.2, 0.25) is 0 Å². The van der Waals surface area contributed by atoms with E-state index in [0.717, 1.165) is 28.0 Å². The Morgan fingerprint density at radius 2 is 2.19 bits per heavy atom. The lowest BCUT2D eigenvalue weighted by molar-refractivity contribution is 0.469. The molecule has 0 aliphatic carbocycles. The van der Waals surface area contributed by atoms with Crippen LogP contribution in [0.2, 0.25) is 5.02 Å². The molecule has 0 amide bonds. The SMILES string of the molecule is Cc1nn(C)c2ncc(NCc3cccc(Cl)c3O)cc12. The minimum Gasteiger partial charge on any atom is -0.506 e. The third kappa shape index (κ3) is 2.52. The third-order valence-electron chi connectivity index (χ3n) is 3.42. The van der Waals surface area contributed by atoms with Gasteiger partial charge in [-0.05, 0) is 19.1 Å². The van der Waals surface area contributed by atoms with E-state index in [4.69, 9.17) is 11.6 Å². The van der Waals surface area contributed by atoms with Gasteiger partial charge in [0.05, 0.1) is 22.6 Å². The Balaban J connectivity index is 1.85. The van der Waals surface area contributed by atoms with Crippen molar-refractivity contribution >= 4 is 28.3 Å². The first kappa shape index (κ1) is 13.7. The monoisotopic (exact) mass is 302 g/mol. The summed E-state index contributed by atoms with van der Waals surface area (Å²) >= 11 is 5.90. The van der Waals surface area contributed by atoms with Gasteiger partial charge >= 0.3 is 0 Å². The van der Waals surface area contributed by atoms with E-state index in [0.29, 0.717) is 11.6 Å². The molecule has 3 rings (SSSR count). The van der Waals surface area contributed by atoms with Crippen LogP contribution >= 0.6 is 11.6 Å². The highest BCUT2D eigenvalue weighted by molar-refractivity contribution is 6.32. The molecule has 0 aliphatic rings. The van der Waals surface area contributed by atoms with Crippen molar-refractivity contribution < 1.29 is 5.11 Å². The number of nitrogens with one attached hydrogen (secondary N) is 1. The zero-order chi connectivity index (χ0) is 15.0. The number of aromatic nitrogens is 3. The molecular formula is C15H15ClN4O. The molecule has 0 unspecified atom stereocenters. The molecule has 0 aliphatic heterocycles. The number of para-hydroxylation sites is 1. The fourth-order valence-corrected chi connectivity index (χ4v) is 2.50. The fraction of sp³-hybridized carbons (Fsp3) is 0.200. The first-order valence-corrected chi connectivity index (χ1v) is 6.93. The number of phenolic OH excluding ortho intramolecular Hbond substituents is 1. The number of rotatable bonds is 3. The zero-order valence-corrected chi connectivity index (χ0v) is 12.5. The number of hydrogen-bond donors (Lipinski definition) is 2. The second kappa shape index (κ2) is 5.26. The molecule has 21 heavy (non-hydrogen) atoms. The van der Waals surface area contributed by atoms with Crippen LogP contribution in [0.4, 0.5) is 5.69 Å². The normalized spacial score (nSPS) is 11.0. The number of anilines is 1. The number of halogens is 1. The van der Waals surface area contributed by atoms with E-state index in [9.17, 15) is 5.11 Å². The summed E-state index contributed by atoms with van der Waals surface area (Å²) in [7, 11) is 1.87. The van der Waals surface area contributed by atoms with Crippen molar-refractivity contribution in [3.8, 4) is 5.75 Å². The van der Waals surface area contributed by atoms with Crippen molar-refractivity contribution in [3.05, 3.63) is 46.7 Å². The number of aryl methyl sites for hydroxylation is 2. The van der Waals surface area contributed by atoms with Crippen molar-refractivity contribution in [1.82, 2.24) is 14.8 Å². The number of fused-ring (bicyclic) bond motifs is 1. The largest absolute Gasteiger partial charge is 0.506 e. The molecule has 3 aromatic rings. The molecule has 108 valence electrons. The van der Waals surface area contributed by atoms with Crippen molar-refractivity contribution in [3.63, 3.8) is 0 Å². The van der Waals surface area contributed by atoms with Crippen LogP contribution in [0.5, 0.6) is 5.75 Å². The average molecular weight is 303 g/mol. The van der Waals surface area contributed by atoms with Crippen molar-refractivity contribution in [2.45, 2.75) is 13.5 Å². The highest BCUT2D eigenvalue weighted by Gasteiger charge is 2.08. The Morgan fingerprint density at radius 1 is 1.38 bits per heavy atom. The number of pyridine rings is 1. The van der Waals surface area contributed by atoms with Gasteiger partial charge in [0, 0.05) is 24.5 Å². The average Bonchev–Trinajstić information content (AvgIpc) is 2.75. The van der Waals surface area contributed by atoms with Crippen LogP contribution in [-0.4, -0.2) is 19.9 Å². The molecule has 5 nitrogen and oxygen atoms in total. The molecule has 1 aromatic carbocycles. The maximum absolute atomic E-state index is 9.89. The smallest absolute Gasteiger partial charge is 0.157 e. The van der Waals surface area contributed by atoms with Gasteiger partial charge in [-0.3, -0.25) is 4.68 Å². The quantitative estimate of drug-likeness (QED) is 0.779. The molecule has 0 saturated carbocycles. The Kier molecular flexibility index (Phi) is 3.43. The molecule has 2 N–H and O–H groups in total. The Labute approximate surface area is 127 Å². The summed E-state index contributed by atoms with van der Waals surface area (Å²) in [4.78, 5) is 4.40. The fourth-order valence-electron chi connectivity index (χ4n) is 2.30. The summed E-state index contributed by atoms with van der Waals surface area (Å²) in [6, 6.07) is 7.31. The number of benzene rings is 1. The van der Waals surface area contributed by atoms with Crippen LogP contribution < -0.4 is 5.32 Å². The molecule has 2 aromatic heterocycles. The topological polar surface area (TPSA) is 63.0 Å². The van der Waals surface area contributed by atoms with Gasteiger partial charge in [-0.1, -0.05) is 23.7 Å². The second-order valence-electron chi connectivity index (χ2n) is 4.91. The summed E-state index contributed by atoms with van der Waals surface area (Å²) in [6.07, 6.45) is 1.76. The van der Waals surface area contributed by atoms with Crippen LogP contribution in [0.1, 0.15) is 11.3 Å². The van der Waals surface area contributed by atoms with E-state index >= 15 is 0 Å². The third-order valence-corrected chi connectivity index (χ3v) is 3.72. The lowest BCUT2D eigenvalue weighted by Gasteiger charge is -2.09. The molecule has 0 bridgehead atoms. The van der Waals surface area contributed by atoms with Gasteiger partial charge in [0.1, 0.15) is 5.75 Å². The summed E-state index contributed by atoms with van der Waals surface area (Å²) in [5, 5.41) is 18.8. The van der Waals surface area contributed by atoms with Crippen molar-refractivity contribution in [2.75, 3.05) is 5.32 Å². The molecule has 0 atom stereocenters. The van der Waals surface area contributed by atoms with Gasteiger partial charge in [-0.25, -0.2) is 4.98 Å². The van der Waals surface area contributed by atoms with Gasteiger partial charge in [0.15, 0.2) is 5.65 Å². The number of hydrogen-bond acceptors (Lipinski definition) is 4. The van der Waals surface area contributed by atoms with Crippen LogP contribution in [-0.2, 0) is 13.6 Å². The van der Waals surface area contributed by atoms with E-state index in [1.165, 1.54) is 0 Å². The first-order valence-electron chi connectivity index (χ1n) is 6.56. The lowest BCUT2D eigenvalue weighted by Crippen LogP contribution is -2.00. The summed E-state index contributed by atoms with van der Waals surface area (Å²) < 4.78 is 1.76. The predicted molar refractivity (Wildman–Crippen MR) is 83.7 cm³/mol. The molecular weight excluding hydrogens is 288 g/mol. The highest BCUT2D eigenvalue weighted by atomic mass is 35.5. The molecule has 6 heteroatoms. The molecule has 0 spiro atoms. The van der Waals surface area contributed by atoms with Gasteiger partial charge in [0.25, 0.3) is 0 Å². The lowest BCUT2D eigenvalue weighted by atomic mass is 10.2. The zero-order valence-electron chi connectivity index (χ0n) is 11.8. The van der Waals surface area contributed by atoms with Crippen molar-refractivity contribution in [1.29, 1.82) is 0 Å². The van der Waals surface area contributed by atoms with E-state index in [1.54, 1.807) is 16.9 Å². The molecule has 2 heterocycles. The van der Waals surface area contributed by atoms with E-state index in [1.807, 2.05) is 32.2 Å². The van der Waals surface area contributed by atoms with Crippen molar-refractivity contribution in [2.24, 2.45) is 7.05 Å². The van der Waals surface area contributed by atoms with Crippen LogP contribution in [0.3, 0.4) is 0 Å². The summed E-state index contributed by atoms with van der Waals surface area (Å²) in [5.41, 5.74) is 3.40. The first-order chi connectivity index (χ1) is 10.1. The summed E-state index contributed by atoms with van der Waals surface area (Å²) in [6.45, 7) is 2.43. The number of nitrogens with zero attached hydrogens (tertiary/aromatic N) is 3. The molecule has 0 radical (unpaired) electrons. The maximum Gasteiger partial charge on any atom is 0.157 e. The summed E-state index contributed by atoms with van der Waals surface area (Å²) in [5.74, 6) is 0.110. The van der Waals surface area contributed by atoms with Gasteiger partial charge in [-0.2, -0.15) is 5.10 Å². The van der Waals surface area contributed by atoms with Crippen LogP contribution in [0.25, 0.3) is 11.0 Å². The second-order valence-corrected chi connectivity index (χ2v) is 5.31. The minimum atomic E-state index is 0.110. The maximum atomic E-state index is 9.89. The van der Waals surface area contributed by atoms with Gasteiger partial charge < -0.3 is 10.4 Å². The number of phenols is 1. The van der Waals surface area contributed by atoms with E-state index in [-0.39, 0.29) is 5.75 Å². The Hall–Kier alpha value is -2.27. The van der Waals surface area contributed by atoms with Gasteiger partial charge in [-0.15, -0.1) is 0 Å². The highest BCUT2D eigenvalue weighted by Crippen LogP contribution is 2.27.